The van der Waals surface area contributed by atoms with Crippen molar-refractivity contribution >= 4 is 29.0 Å². The van der Waals surface area contributed by atoms with Gasteiger partial charge in [0.05, 0.1) is 28.4 Å². The zero-order valence-corrected chi connectivity index (χ0v) is 22.2. The van der Waals surface area contributed by atoms with E-state index in [0.717, 1.165) is 16.8 Å². The second kappa shape index (κ2) is 12.3. The summed E-state index contributed by atoms with van der Waals surface area (Å²) in [6, 6.07) is 11.0. The van der Waals surface area contributed by atoms with E-state index in [1.807, 2.05) is 24.3 Å². The number of nitrogens with one attached hydrogen (secondary N) is 1. The van der Waals surface area contributed by atoms with Crippen LogP contribution in [0.25, 0.3) is 0 Å². The fraction of sp³-hybridized carbons (Fsp3) is 0.379. The van der Waals surface area contributed by atoms with E-state index in [1.165, 1.54) is 19.4 Å². The number of ether oxygens (including phenoxy) is 2. The van der Waals surface area contributed by atoms with E-state index in [0.29, 0.717) is 55.1 Å². The second-order valence-electron chi connectivity index (χ2n) is 10.0. The van der Waals surface area contributed by atoms with Crippen LogP contribution in [-0.2, 0) is 20.9 Å². The molecule has 2 aliphatic heterocycles. The van der Waals surface area contributed by atoms with Crippen LogP contribution in [0.15, 0.2) is 69.6 Å². The fourth-order valence-corrected chi connectivity index (χ4v) is 4.87. The minimum Gasteiger partial charge on any atom is -0.471 e. The number of fused-ring (bicyclic) bond motifs is 4. The number of amides is 1. The van der Waals surface area contributed by atoms with Crippen molar-refractivity contribution in [2.24, 2.45) is 26.8 Å². The number of carbonyl (C=O) groups excluding carboxylic acids is 2. The molecule has 2 bridgehead atoms. The molecule has 0 spiro atoms. The van der Waals surface area contributed by atoms with Gasteiger partial charge in [0, 0.05) is 55.4 Å². The highest BCUT2D eigenvalue weighted by Crippen LogP contribution is 2.27. The minimum atomic E-state index is -0.832. The van der Waals surface area contributed by atoms with Crippen LogP contribution in [-0.4, -0.2) is 66.5 Å². The lowest BCUT2D eigenvalue weighted by atomic mass is 9.87. The highest BCUT2D eigenvalue weighted by molar-refractivity contribution is 6.15. The van der Waals surface area contributed by atoms with Gasteiger partial charge in [0.25, 0.3) is 5.91 Å². The van der Waals surface area contributed by atoms with Gasteiger partial charge in [-0.3, -0.25) is 19.6 Å². The molecule has 11 heteroatoms. The zero-order chi connectivity index (χ0) is 28.1. The molecule has 3 heterocycles. The molecule has 1 atom stereocenters. The Bertz CT molecular complexity index is 1400. The molecule has 1 aromatic heterocycles. The number of allylic oxidation sites excluding steroid dienone is 1. The maximum absolute atomic E-state index is 13.0. The van der Waals surface area contributed by atoms with Crippen molar-refractivity contribution in [1.29, 1.82) is 0 Å². The number of carbonyl (C=O) groups is 2. The summed E-state index contributed by atoms with van der Waals surface area (Å²) in [5.74, 6) is -0.111. The zero-order valence-electron chi connectivity index (χ0n) is 22.2. The Morgan fingerprint density at radius 2 is 1.95 bits per heavy atom. The molecule has 1 saturated carbocycles. The Morgan fingerprint density at radius 1 is 1.15 bits per heavy atom. The van der Waals surface area contributed by atoms with Crippen LogP contribution in [0.3, 0.4) is 0 Å². The van der Waals surface area contributed by atoms with Gasteiger partial charge in [-0.05, 0) is 37.5 Å². The molecule has 1 aromatic carbocycles. The Hall–Kier alpha value is -4.25. The summed E-state index contributed by atoms with van der Waals surface area (Å²) < 4.78 is 24.1. The number of benzene rings is 1. The summed E-state index contributed by atoms with van der Waals surface area (Å²) in [5.41, 5.74) is 10.6. The molecule has 208 valence electrons. The third kappa shape index (κ3) is 6.31. The average Bonchev–Trinajstić information content (AvgIpc) is 2.99. The number of aliphatic imine (C=N–C) groups is 1. The van der Waals surface area contributed by atoms with E-state index in [-0.39, 0.29) is 42.6 Å². The molecule has 0 radical (unpaired) electrons. The first-order valence-electron chi connectivity index (χ1n) is 13.2. The topological polar surface area (TPSA) is 141 Å². The van der Waals surface area contributed by atoms with Crippen molar-refractivity contribution in [3.63, 3.8) is 0 Å². The number of nitrogens with two attached hydrogens (primary N) is 1. The van der Waals surface area contributed by atoms with Crippen LogP contribution in [0.2, 0.25) is 0 Å². The molecule has 3 N–H and O–H groups in total. The Labute approximate surface area is 231 Å². The lowest BCUT2D eigenvalue weighted by Crippen LogP contribution is -2.45. The molecule has 1 unspecified atom stereocenters. The van der Waals surface area contributed by atoms with Crippen LogP contribution in [0.1, 0.15) is 52.9 Å². The second-order valence-corrected chi connectivity index (χ2v) is 10.0. The van der Waals surface area contributed by atoms with Gasteiger partial charge < -0.3 is 20.5 Å². The van der Waals surface area contributed by atoms with Crippen molar-refractivity contribution in [2.45, 2.75) is 44.5 Å². The summed E-state index contributed by atoms with van der Waals surface area (Å²) in [6.07, 6.45) is 3.95. The lowest BCUT2D eigenvalue weighted by Gasteiger charge is -2.30. The quantitative estimate of drug-likeness (QED) is 0.488. The number of nitrogens with zero attached hydrogens (tertiary/aromatic N) is 4. The van der Waals surface area contributed by atoms with E-state index < -0.39 is 6.17 Å². The van der Waals surface area contributed by atoms with E-state index in [9.17, 15) is 14.0 Å². The molecule has 0 saturated heterocycles. The highest BCUT2D eigenvalue weighted by atomic mass is 19.1. The Kier molecular flexibility index (Phi) is 8.40. The van der Waals surface area contributed by atoms with Gasteiger partial charge in [0.15, 0.2) is 5.78 Å². The molecule has 40 heavy (non-hydrogen) atoms. The predicted octanol–water partition coefficient (Wildman–Crippen LogP) is 2.90. The van der Waals surface area contributed by atoms with Crippen LogP contribution in [0.4, 0.5) is 4.39 Å². The van der Waals surface area contributed by atoms with E-state index >= 15 is 0 Å². The van der Waals surface area contributed by atoms with E-state index in [4.69, 9.17) is 20.2 Å². The molecule has 1 fully saturated rings. The lowest BCUT2D eigenvalue weighted by molar-refractivity contribution is -0.118. The number of aromatic nitrogens is 1. The third-order valence-electron chi connectivity index (χ3n) is 7.06. The Morgan fingerprint density at radius 3 is 2.67 bits per heavy atom. The van der Waals surface area contributed by atoms with Gasteiger partial charge in [-0.15, -0.1) is 0 Å². The van der Waals surface area contributed by atoms with Crippen molar-refractivity contribution in [3.05, 3.63) is 76.8 Å². The maximum Gasteiger partial charge on any atom is 0.253 e. The first kappa shape index (κ1) is 27.3. The van der Waals surface area contributed by atoms with Crippen molar-refractivity contribution in [3.8, 4) is 0 Å². The number of alkyl halides is 1. The molecule has 2 aromatic rings. The number of rotatable bonds is 8. The first-order chi connectivity index (χ1) is 19.4. The van der Waals surface area contributed by atoms with Crippen LogP contribution in [0.5, 0.6) is 0 Å². The first-order valence-corrected chi connectivity index (χ1v) is 13.2. The summed E-state index contributed by atoms with van der Waals surface area (Å²) >= 11 is 0. The number of halogens is 1. The molecular formula is C29H31FN6O4. The average molecular weight is 547 g/mol. The smallest absolute Gasteiger partial charge is 0.253 e. The molecular weight excluding hydrogens is 515 g/mol. The summed E-state index contributed by atoms with van der Waals surface area (Å²) in [7, 11) is 1.45. The standard InChI is InChI=1S/C29H31FN6O4/c1-39-16-22(37)13-25(31)27-17-8-9-32-29(24-5-3-2-4-23(24)26(10-17)35-36-27)40-15-20-7-6-18(14-33-20)28(38)34-21-11-19(30)12-21/h2-7,13-14,17,19,21H,8-12,15-16,31H2,1H3,(H,34,38). The van der Waals surface area contributed by atoms with Gasteiger partial charge in [-0.1, -0.05) is 18.2 Å². The molecule has 3 aliphatic rings. The summed E-state index contributed by atoms with van der Waals surface area (Å²) in [6.45, 7) is 0.543. The number of ketones is 1. The largest absolute Gasteiger partial charge is 0.471 e. The molecule has 1 amide bonds. The maximum atomic E-state index is 13.0. The summed E-state index contributed by atoms with van der Waals surface area (Å²) in [5, 5.41) is 11.7. The molecule has 5 rings (SSSR count). The monoisotopic (exact) mass is 546 g/mol. The van der Waals surface area contributed by atoms with E-state index in [2.05, 4.69) is 20.5 Å². The van der Waals surface area contributed by atoms with Gasteiger partial charge in [0.2, 0.25) is 5.90 Å². The number of hydrogen-bond acceptors (Lipinski definition) is 9. The SMILES string of the molecule is COCC(=O)C=C(N)C1=NN=C2CC1CCN=C(OCc1ccc(C(=O)NC3CC(F)C3)cn1)c1ccccc12. The van der Waals surface area contributed by atoms with Crippen molar-refractivity contribution in [1.82, 2.24) is 10.3 Å². The molecule has 10 nitrogen and oxygen atoms in total. The predicted molar refractivity (Wildman–Crippen MR) is 148 cm³/mol. The number of methoxy groups -OCH3 is 1. The van der Waals surface area contributed by atoms with Crippen LogP contribution >= 0.6 is 0 Å². The minimum absolute atomic E-state index is 0.0579. The molecule has 1 aliphatic carbocycles. The number of pyridine rings is 1. The summed E-state index contributed by atoms with van der Waals surface area (Å²) in [4.78, 5) is 33.5. The van der Waals surface area contributed by atoms with Crippen molar-refractivity contribution in [2.75, 3.05) is 20.3 Å². The van der Waals surface area contributed by atoms with Gasteiger partial charge in [-0.2, -0.15) is 10.2 Å². The normalized spacial score (nSPS) is 22.2. The Balaban J connectivity index is 1.30. The van der Waals surface area contributed by atoms with Gasteiger partial charge in [-0.25, -0.2) is 4.39 Å². The van der Waals surface area contributed by atoms with Crippen molar-refractivity contribution < 1.29 is 23.5 Å². The van der Waals surface area contributed by atoms with Crippen LogP contribution in [0, 0.1) is 5.92 Å². The van der Waals surface area contributed by atoms with Gasteiger partial charge >= 0.3 is 0 Å². The van der Waals surface area contributed by atoms with E-state index in [1.54, 1.807) is 12.1 Å². The number of hydrogen-bond donors (Lipinski definition) is 2. The third-order valence-corrected chi connectivity index (χ3v) is 7.06. The highest BCUT2D eigenvalue weighted by Gasteiger charge is 2.31. The van der Waals surface area contributed by atoms with Gasteiger partial charge in [0.1, 0.15) is 19.4 Å². The fourth-order valence-electron chi connectivity index (χ4n) is 4.87. The van der Waals surface area contributed by atoms with Crippen LogP contribution < -0.4 is 11.1 Å².